The Morgan fingerprint density at radius 3 is 1.50 bits per heavy atom. The van der Waals surface area contributed by atoms with Gasteiger partial charge < -0.3 is 0 Å². The Kier molecular flexibility index (Phi) is 4.46. The quantitative estimate of drug-likeness (QED) is 0.202. The predicted octanol–water partition coefficient (Wildman–Crippen LogP) is 10.1. The molecule has 5 heteroatoms. The Labute approximate surface area is 262 Å². The van der Waals surface area contributed by atoms with Gasteiger partial charge in [0.05, 0.1) is 33.1 Å². The van der Waals surface area contributed by atoms with Gasteiger partial charge in [-0.3, -0.25) is 8.80 Å². The van der Waals surface area contributed by atoms with Gasteiger partial charge in [0.2, 0.25) is 11.6 Å². The third-order valence-corrected chi connectivity index (χ3v) is 9.75. The zero-order valence-electron chi connectivity index (χ0n) is 24.9. The monoisotopic (exact) mass is 587 g/mol. The van der Waals surface area contributed by atoms with E-state index in [1.165, 1.54) is 49.4 Å². The van der Waals surface area contributed by atoms with Crippen molar-refractivity contribution in [2.75, 3.05) is 0 Å². The van der Waals surface area contributed by atoms with Crippen LogP contribution in [0, 0.1) is 6.92 Å². The summed E-state index contributed by atoms with van der Waals surface area (Å²) in [6, 6.07) is 48.2. The summed E-state index contributed by atoms with van der Waals surface area (Å²) in [7, 11) is 0. The average molecular weight is 588 g/mol. The molecular weight excluding hydrogens is 562 g/mol. The van der Waals surface area contributed by atoms with Crippen molar-refractivity contribution < 1.29 is 0 Å². The minimum absolute atomic E-state index is 0.879. The third kappa shape index (κ3) is 3.09. The molecule has 4 aromatic heterocycles. The lowest BCUT2D eigenvalue weighted by atomic mass is 9.92. The summed E-state index contributed by atoms with van der Waals surface area (Å²) < 4.78 is 6.93. The Morgan fingerprint density at radius 1 is 0.413 bits per heavy atom. The number of benzene rings is 7. The van der Waals surface area contributed by atoms with Gasteiger partial charge in [-0.2, -0.15) is 0 Å². The maximum Gasteiger partial charge on any atom is 0.223 e. The highest BCUT2D eigenvalue weighted by Crippen LogP contribution is 2.41. The number of hydrogen-bond acceptors (Lipinski definition) is 2. The van der Waals surface area contributed by atoms with Crippen LogP contribution in [0.4, 0.5) is 0 Å². The summed E-state index contributed by atoms with van der Waals surface area (Å²) in [5.74, 6) is 1.76. The lowest BCUT2D eigenvalue weighted by Crippen LogP contribution is -1.90. The molecule has 0 amide bonds. The van der Waals surface area contributed by atoms with Crippen LogP contribution in [0.5, 0.6) is 0 Å². The molecule has 0 fully saturated rings. The van der Waals surface area contributed by atoms with E-state index < -0.39 is 0 Å². The highest BCUT2D eigenvalue weighted by Gasteiger charge is 2.25. The first-order chi connectivity index (χ1) is 22.7. The molecule has 5 nitrogen and oxygen atoms in total. The van der Waals surface area contributed by atoms with Crippen LogP contribution < -0.4 is 0 Å². The first-order valence-corrected chi connectivity index (χ1v) is 15.7. The molecule has 0 aliphatic carbocycles. The van der Waals surface area contributed by atoms with Crippen LogP contribution >= 0.6 is 0 Å². The van der Waals surface area contributed by atoms with Crippen molar-refractivity contribution in [2.45, 2.75) is 6.92 Å². The number of hydrogen-bond donors (Lipinski definition) is 0. The molecule has 7 aromatic carbocycles. The molecule has 11 rings (SSSR count). The Morgan fingerprint density at radius 2 is 0.935 bits per heavy atom. The number of aromatic nitrogens is 5. The highest BCUT2D eigenvalue weighted by molar-refractivity contribution is 6.09. The van der Waals surface area contributed by atoms with Crippen molar-refractivity contribution in [1.29, 1.82) is 0 Å². The van der Waals surface area contributed by atoms with Crippen molar-refractivity contribution in [3.63, 3.8) is 0 Å². The molecule has 0 unspecified atom stereocenters. The van der Waals surface area contributed by atoms with Crippen LogP contribution in [0.3, 0.4) is 0 Å². The van der Waals surface area contributed by atoms with E-state index in [0.717, 1.165) is 50.2 Å². The molecule has 0 bridgehead atoms. The van der Waals surface area contributed by atoms with Gasteiger partial charge in [0, 0.05) is 0 Å². The number of imidazole rings is 4. The van der Waals surface area contributed by atoms with Crippen LogP contribution in [0.25, 0.3) is 94.0 Å². The maximum absolute atomic E-state index is 5.28. The molecule has 4 heterocycles. The normalized spacial score (nSPS) is 12.5. The molecule has 0 aliphatic rings. The van der Waals surface area contributed by atoms with Gasteiger partial charge in [0.25, 0.3) is 0 Å². The molecule has 0 saturated carbocycles. The minimum Gasteiger partial charge on any atom is -0.276 e. The fourth-order valence-corrected chi connectivity index (χ4v) is 7.66. The molecule has 0 N–H and O–H groups in total. The topological polar surface area (TPSA) is 39.0 Å². The van der Waals surface area contributed by atoms with E-state index in [9.17, 15) is 0 Å². The van der Waals surface area contributed by atoms with Crippen LogP contribution in [-0.4, -0.2) is 23.2 Å². The number of rotatable bonds is 2. The molecular formula is C41H25N5. The van der Waals surface area contributed by atoms with E-state index in [2.05, 4.69) is 154 Å². The molecule has 46 heavy (non-hydrogen) atoms. The minimum atomic E-state index is 0.879. The van der Waals surface area contributed by atoms with E-state index >= 15 is 0 Å². The first-order valence-electron chi connectivity index (χ1n) is 15.7. The lowest BCUT2D eigenvalue weighted by molar-refractivity contribution is 1.15. The van der Waals surface area contributed by atoms with Crippen molar-refractivity contribution in [3.8, 4) is 22.3 Å². The van der Waals surface area contributed by atoms with Gasteiger partial charge in [-0.1, -0.05) is 103 Å². The van der Waals surface area contributed by atoms with E-state index in [4.69, 9.17) is 9.97 Å². The highest BCUT2D eigenvalue weighted by atomic mass is 15.3. The van der Waals surface area contributed by atoms with Crippen LogP contribution in [0.15, 0.2) is 133 Å². The fraction of sp³-hybridized carbons (Fsp3) is 0.0244. The smallest absolute Gasteiger partial charge is 0.223 e. The second kappa shape index (κ2) is 8.49. The summed E-state index contributed by atoms with van der Waals surface area (Å²) in [5, 5.41) is 4.79. The second-order valence-electron chi connectivity index (χ2n) is 12.5. The molecule has 0 saturated heterocycles. The summed E-state index contributed by atoms with van der Waals surface area (Å²) in [5.41, 5.74) is 13.6. The largest absolute Gasteiger partial charge is 0.276 e. The van der Waals surface area contributed by atoms with Crippen molar-refractivity contribution in [3.05, 3.63) is 139 Å². The number of aryl methyl sites for hydroxylation is 1. The third-order valence-electron chi connectivity index (χ3n) is 9.75. The predicted molar refractivity (Wildman–Crippen MR) is 189 cm³/mol. The fourth-order valence-electron chi connectivity index (χ4n) is 7.66. The maximum atomic E-state index is 5.28. The molecule has 11 aromatic rings. The summed E-state index contributed by atoms with van der Waals surface area (Å²) in [6.07, 6.45) is 0. The van der Waals surface area contributed by atoms with E-state index in [1.807, 2.05) is 0 Å². The SMILES string of the molecule is Cc1ccc(-c2cc3c4c(c2)n2c5cc6ccccc6cc5nc2n4c2nc4cc5ccccc5cc4n32)c(-c2ccccc2)c1. The van der Waals surface area contributed by atoms with Crippen LogP contribution in [0.1, 0.15) is 5.56 Å². The zero-order chi connectivity index (χ0) is 30.1. The standard InChI is InChI=1S/C41H25N5/c1-24-15-16-31(32(17-24)25-9-3-2-4-10-25)30-22-37-39-38(23-30)45-36-21-29-14-8-6-12-27(29)19-34(36)43-41(45)46(39)40-42-33-18-26-11-5-7-13-28(26)20-35(33)44(37)40/h2-23H,1H3. The van der Waals surface area contributed by atoms with Gasteiger partial charge in [-0.15, -0.1) is 0 Å². The summed E-state index contributed by atoms with van der Waals surface area (Å²) in [6.45, 7) is 2.17. The molecule has 0 spiro atoms. The van der Waals surface area contributed by atoms with Gasteiger partial charge in [-0.05, 0) is 87.1 Å². The molecule has 214 valence electrons. The van der Waals surface area contributed by atoms with Gasteiger partial charge in [-0.25, -0.2) is 14.4 Å². The zero-order valence-corrected chi connectivity index (χ0v) is 24.9. The van der Waals surface area contributed by atoms with Crippen molar-refractivity contribution in [2.24, 2.45) is 0 Å². The number of fused-ring (bicyclic) bond motifs is 12. The first kappa shape index (κ1) is 24.2. The van der Waals surface area contributed by atoms with Crippen LogP contribution in [0.2, 0.25) is 0 Å². The van der Waals surface area contributed by atoms with Crippen molar-refractivity contribution >= 4 is 71.7 Å². The van der Waals surface area contributed by atoms with Gasteiger partial charge in [0.1, 0.15) is 5.52 Å². The van der Waals surface area contributed by atoms with Crippen LogP contribution in [-0.2, 0) is 0 Å². The summed E-state index contributed by atoms with van der Waals surface area (Å²) in [4.78, 5) is 10.6. The van der Waals surface area contributed by atoms with E-state index in [0.29, 0.717) is 0 Å². The Hall–Kier alpha value is -6.20. The molecule has 0 aliphatic heterocycles. The van der Waals surface area contributed by atoms with Gasteiger partial charge >= 0.3 is 0 Å². The Balaban J connectivity index is 1.35. The molecule has 0 atom stereocenters. The van der Waals surface area contributed by atoms with Crippen molar-refractivity contribution in [1.82, 2.24) is 23.2 Å². The van der Waals surface area contributed by atoms with E-state index in [-0.39, 0.29) is 0 Å². The number of nitrogens with zero attached hydrogens (tertiary/aromatic N) is 5. The summed E-state index contributed by atoms with van der Waals surface area (Å²) >= 11 is 0. The average Bonchev–Trinajstić information content (AvgIpc) is 3.81. The second-order valence-corrected chi connectivity index (χ2v) is 12.5. The van der Waals surface area contributed by atoms with Gasteiger partial charge in [0.15, 0.2) is 0 Å². The Bertz CT molecular complexity index is 2870. The molecule has 0 radical (unpaired) electrons. The lowest BCUT2D eigenvalue weighted by Gasteiger charge is -2.12. The van der Waals surface area contributed by atoms with E-state index in [1.54, 1.807) is 0 Å².